The Morgan fingerprint density at radius 2 is 0.889 bits per heavy atom. The maximum absolute atomic E-state index is 5.32. The van der Waals surface area contributed by atoms with Gasteiger partial charge in [0.2, 0.25) is 0 Å². The summed E-state index contributed by atoms with van der Waals surface area (Å²) in [4.78, 5) is 7.73. The average molecular weight is 581 g/mol. The van der Waals surface area contributed by atoms with E-state index in [0.717, 1.165) is 11.4 Å². The molecule has 2 nitrogen and oxygen atoms in total. The third-order valence-corrected chi connectivity index (χ3v) is 10.0. The van der Waals surface area contributed by atoms with Gasteiger partial charge in [0.05, 0.1) is 11.1 Å². The number of hydrogen-bond donors (Lipinski definition) is 0. The lowest BCUT2D eigenvalue weighted by atomic mass is 9.83. The summed E-state index contributed by atoms with van der Waals surface area (Å²) in [6.45, 7) is 9.06. The molecule has 1 aliphatic heterocycles. The van der Waals surface area contributed by atoms with Crippen LogP contribution < -0.4 is 4.90 Å². The molecule has 7 aromatic carbocycles. The first-order valence-corrected chi connectivity index (χ1v) is 15.8. The fraction of sp³-hybridized carbons (Fsp3) is 0.140. The quantitative estimate of drug-likeness (QED) is 0.189. The topological polar surface area (TPSA) is 15.6 Å². The molecule has 0 bridgehead atoms. The number of hydrogen-bond acceptors (Lipinski definition) is 2. The highest BCUT2D eigenvalue weighted by Gasteiger charge is 2.49. The molecule has 0 saturated carbocycles. The monoisotopic (exact) mass is 580 g/mol. The maximum atomic E-state index is 5.32. The van der Waals surface area contributed by atoms with Gasteiger partial charge in [-0.1, -0.05) is 121 Å². The second kappa shape index (κ2) is 10.2. The lowest BCUT2D eigenvalue weighted by Crippen LogP contribution is -2.53. The smallest absolute Gasteiger partial charge is 0.136 e. The Labute approximate surface area is 265 Å². The zero-order valence-corrected chi connectivity index (χ0v) is 26.3. The second-order valence-electron chi connectivity index (χ2n) is 13.2. The van der Waals surface area contributed by atoms with E-state index in [-0.39, 0.29) is 11.1 Å². The van der Waals surface area contributed by atoms with Gasteiger partial charge >= 0.3 is 0 Å². The summed E-state index contributed by atoms with van der Waals surface area (Å²) in [5, 5.41) is 7.53. The number of para-hydroxylation sites is 1. The van der Waals surface area contributed by atoms with Gasteiger partial charge in [-0.2, -0.15) is 0 Å². The zero-order valence-electron chi connectivity index (χ0n) is 26.3. The van der Waals surface area contributed by atoms with E-state index < -0.39 is 0 Å². The molecule has 8 rings (SSSR count). The van der Waals surface area contributed by atoms with Crippen LogP contribution in [0.4, 0.5) is 5.69 Å². The second-order valence-corrected chi connectivity index (χ2v) is 13.2. The molecule has 1 aliphatic rings. The van der Waals surface area contributed by atoms with Crippen LogP contribution >= 0.6 is 0 Å². The summed E-state index contributed by atoms with van der Waals surface area (Å²) in [5.74, 6) is 1.02. The van der Waals surface area contributed by atoms with Gasteiger partial charge in [-0.25, -0.2) is 0 Å². The van der Waals surface area contributed by atoms with Crippen molar-refractivity contribution in [3.05, 3.63) is 151 Å². The Hall–Kier alpha value is -5.21. The highest BCUT2D eigenvalue weighted by atomic mass is 15.3. The molecule has 0 N–H and O–H groups in total. The van der Waals surface area contributed by atoms with E-state index in [1.165, 1.54) is 60.3 Å². The van der Waals surface area contributed by atoms with Crippen molar-refractivity contribution in [3.63, 3.8) is 0 Å². The Morgan fingerprint density at radius 3 is 1.44 bits per heavy atom. The van der Waals surface area contributed by atoms with Crippen LogP contribution in [0.3, 0.4) is 0 Å². The summed E-state index contributed by atoms with van der Waals surface area (Å²) in [7, 11) is 0. The van der Waals surface area contributed by atoms with Gasteiger partial charge in [0.15, 0.2) is 0 Å². The Kier molecular flexibility index (Phi) is 6.18. The molecule has 0 atom stereocenters. The zero-order chi connectivity index (χ0) is 30.8. The molecular formula is C43H36N2. The predicted octanol–water partition coefficient (Wildman–Crippen LogP) is 11.3. The summed E-state index contributed by atoms with van der Waals surface area (Å²) in [6.07, 6.45) is 0. The molecule has 1 heterocycles. The average Bonchev–Trinajstić information content (AvgIpc) is 3.26. The number of amidine groups is 1. The molecular weight excluding hydrogens is 544 g/mol. The first-order valence-electron chi connectivity index (χ1n) is 15.8. The minimum atomic E-state index is -0.245. The van der Waals surface area contributed by atoms with Gasteiger partial charge in [0.25, 0.3) is 0 Å². The number of aliphatic imine (C=N–C) groups is 1. The van der Waals surface area contributed by atoms with Crippen molar-refractivity contribution in [1.29, 1.82) is 0 Å². The molecule has 0 saturated heterocycles. The van der Waals surface area contributed by atoms with Gasteiger partial charge in [-0.05, 0) is 107 Å². The van der Waals surface area contributed by atoms with E-state index in [1.807, 2.05) is 0 Å². The van der Waals surface area contributed by atoms with Crippen molar-refractivity contribution in [2.45, 2.75) is 38.8 Å². The number of anilines is 1. The van der Waals surface area contributed by atoms with E-state index in [4.69, 9.17) is 4.99 Å². The standard InChI is InChI=1S/C43H36N2/c1-42(2)43(3,4)45(34-17-9-6-10-18-34)41(44-42)33-26-24-30-27-32(25-23-31(30)28-33)40-37-21-13-11-19-35(37)39(29-15-7-5-8-16-29)36-20-12-14-22-38(36)40/h5-28H,1-4H3. The summed E-state index contributed by atoms with van der Waals surface area (Å²) in [6, 6.07) is 52.9. The molecule has 218 valence electrons. The third kappa shape index (κ3) is 4.28. The summed E-state index contributed by atoms with van der Waals surface area (Å²) < 4.78 is 0. The van der Waals surface area contributed by atoms with E-state index >= 15 is 0 Å². The van der Waals surface area contributed by atoms with Crippen LogP contribution in [0.5, 0.6) is 0 Å². The molecule has 0 unspecified atom stereocenters. The van der Waals surface area contributed by atoms with Gasteiger partial charge in [0, 0.05) is 11.3 Å². The van der Waals surface area contributed by atoms with Gasteiger partial charge in [-0.3, -0.25) is 4.99 Å². The number of rotatable bonds is 4. The number of benzene rings is 7. The van der Waals surface area contributed by atoms with Crippen LogP contribution in [0.1, 0.15) is 33.3 Å². The van der Waals surface area contributed by atoms with Crippen LogP contribution in [0.25, 0.3) is 54.6 Å². The minimum absolute atomic E-state index is 0.184. The molecule has 2 heteroatoms. The van der Waals surface area contributed by atoms with E-state index in [9.17, 15) is 0 Å². The highest BCUT2D eigenvalue weighted by molar-refractivity contribution is 6.22. The van der Waals surface area contributed by atoms with Crippen LogP contribution in [0, 0.1) is 0 Å². The normalized spacial score (nSPS) is 15.6. The molecule has 0 spiro atoms. The van der Waals surface area contributed by atoms with E-state index in [2.05, 4.69) is 178 Å². The van der Waals surface area contributed by atoms with Crippen LogP contribution in [-0.2, 0) is 0 Å². The Bertz CT molecular complexity index is 2200. The van der Waals surface area contributed by atoms with Crippen LogP contribution in [0.15, 0.2) is 151 Å². The Balaban J connectivity index is 1.29. The predicted molar refractivity (Wildman–Crippen MR) is 193 cm³/mol. The molecule has 0 aliphatic carbocycles. The van der Waals surface area contributed by atoms with E-state index in [0.29, 0.717) is 0 Å². The first-order chi connectivity index (χ1) is 21.8. The van der Waals surface area contributed by atoms with Crippen molar-refractivity contribution in [2.75, 3.05) is 4.90 Å². The van der Waals surface area contributed by atoms with Gasteiger partial charge in [0.1, 0.15) is 5.84 Å². The minimum Gasteiger partial charge on any atom is -0.318 e. The van der Waals surface area contributed by atoms with Crippen LogP contribution in [0.2, 0.25) is 0 Å². The van der Waals surface area contributed by atoms with Crippen molar-refractivity contribution < 1.29 is 0 Å². The molecule has 0 fully saturated rings. The SMILES string of the molecule is CC1(C)N=C(c2ccc3cc(-c4c5ccccc5c(-c5ccccc5)c5ccccc45)ccc3c2)N(c2ccccc2)C1(C)C. The van der Waals surface area contributed by atoms with Crippen LogP contribution in [-0.4, -0.2) is 16.9 Å². The van der Waals surface area contributed by atoms with Crippen molar-refractivity contribution in [3.8, 4) is 22.3 Å². The molecule has 0 aromatic heterocycles. The lowest BCUT2D eigenvalue weighted by molar-refractivity contribution is 0.338. The summed E-state index contributed by atoms with van der Waals surface area (Å²) in [5.41, 5.74) is 6.93. The third-order valence-electron chi connectivity index (χ3n) is 10.0. The van der Waals surface area contributed by atoms with Crippen molar-refractivity contribution in [1.82, 2.24) is 0 Å². The van der Waals surface area contributed by atoms with Crippen molar-refractivity contribution in [2.24, 2.45) is 4.99 Å². The van der Waals surface area contributed by atoms with Gasteiger partial charge in [-0.15, -0.1) is 0 Å². The number of fused-ring (bicyclic) bond motifs is 3. The first kappa shape index (κ1) is 27.3. The van der Waals surface area contributed by atoms with Crippen molar-refractivity contribution >= 4 is 43.8 Å². The lowest BCUT2D eigenvalue weighted by Gasteiger charge is -2.41. The number of nitrogens with zero attached hydrogens (tertiary/aromatic N) is 2. The fourth-order valence-electron chi connectivity index (χ4n) is 7.10. The van der Waals surface area contributed by atoms with Gasteiger partial charge < -0.3 is 4.90 Å². The molecule has 45 heavy (non-hydrogen) atoms. The molecule has 0 amide bonds. The molecule has 0 radical (unpaired) electrons. The van der Waals surface area contributed by atoms with E-state index in [1.54, 1.807) is 0 Å². The molecule has 7 aromatic rings. The maximum Gasteiger partial charge on any atom is 0.136 e. The Morgan fingerprint density at radius 1 is 0.444 bits per heavy atom. The summed E-state index contributed by atoms with van der Waals surface area (Å²) >= 11 is 0. The largest absolute Gasteiger partial charge is 0.318 e. The highest BCUT2D eigenvalue weighted by Crippen LogP contribution is 2.45. The fourth-order valence-corrected chi connectivity index (χ4v) is 7.10.